The van der Waals surface area contributed by atoms with E-state index in [1.165, 1.54) is 24.3 Å². The summed E-state index contributed by atoms with van der Waals surface area (Å²) in [4.78, 5) is 34.0. The molecule has 0 bridgehead atoms. The molecule has 3 heterocycles. The van der Waals surface area contributed by atoms with Gasteiger partial charge < -0.3 is 19.6 Å². The summed E-state index contributed by atoms with van der Waals surface area (Å²) < 4.78 is 16.0. The minimum atomic E-state index is -0.560. The van der Waals surface area contributed by atoms with Crippen LogP contribution in [-0.4, -0.2) is 49.6 Å². The molecule has 2 N–H and O–H groups in total. The topological polar surface area (TPSA) is 91.2 Å². The third-order valence-electron chi connectivity index (χ3n) is 6.35. The number of halogens is 1. The van der Waals surface area contributed by atoms with Crippen molar-refractivity contribution in [2.75, 3.05) is 13.1 Å². The maximum atomic E-state index is 14.1. The Labute approximate surface area is 165 Å². The number of rotatable bonds is 2. The molecule has 7 nitrogen and oxygen atoms in total. The van der Waals surface area contributed by atoms with Crippen LogP contribution in [0.1, 0.15) is 29.4 Å². The molecule has 0 radical (unpaired) electrons. The number of para-hydroxylation sites is 1. The number of aliphatic hydroxyl groups excluding tert-OH is 1. The number of H-pyrrole nitrogens is 1. The quantitative estimate of drug-likeness (QED) is 0.693. The van der Waals surface area contributed by atoms with Crippen LogP contribution in [0.25, 0.3) is 10.9 Å². The molecule has 1 saturated heterocycles. The van der Waals surface area contributed by atoms with E-state index < -0.39 is 11.9 Å². The lowest BCUT2D eigenvalue weighted by molar-refractivity contribution is 0.0357. The fourth-order valence-electron chi connectivity index (χ4n) is 4.88. The van der Waals surface area contributed by atoms with Crippen molar-refractivity contribution in [3.05, 3.63) is 64.7 Å². The summed E-state index contributed by atoms with van der Waals surface area (Å²) in [5.74, 6) is -0.401. The van der Waals surface area contributed by atoms with Crippen molar-refractivity contribution in [1.29, 1.82) is 0 Å². The number of carbonyl (C=O) groups is 1. The number of aromatic amines is 1. The van der Waals surface area contributed by atoms with Crippen LogP contribution < -0.4 is 5.43 Å². The van der Waals surface area contributed by atoms with Crippen molar-refractivity contribution >= 4 is 16.8 Å². The van der Waals surface area contributed by atoms with E-state index in [0.717, 1.165) is 6.42 Å². The average molecular weight is 396 g/mol. The number of hydrogen-bond donors (Lipinski definition) is 2. The van der Waals surface area contributed by atoms with Crippen LogP contribution in [0.2, 0.25) is 0 Å². The molecule has 1 aromatic carbocycles. The van der Waals surface area contributed by atoms with Gasteiger partial charge in [-0.1, -0.05) is 6.07 Å². The Morgan fingerprint density at radius 2 is 2.03 bits per heavy atom. The van der Waals surface area contributed by atoms with Gasteiger partial charge in [0.25, 0.3) is 5.91 Å². The van der Waals surface area contributed by atoms with Gasteiger partial charge in [0, 0.05) is 36.9 Å². The van der Waals surface area contributed by atoms with Gasteiger partial charge in [-0.3, -0.25) is 9.59 Å². The molecule has 150 valence electrons. The SMILES string of the molecule is O=C(c1cc(=O)c2cccc(F)c2[nH]1)N1C[C@H]2C[C@@H](n3ccnc3)[C@H](O)C[C@H]2C1. The van der Waals surface area contributed by atoms with Gasteiger partial charge in [0.05, 0.1) is 24.0 Å². The summed E-state index contributed by atoms with van der Waals surface area (Å²) in [5, 5.41) is 10.8. The van der Waals surface area contributed by atoms with E-state index in [4.69, 9.17) is 0 Å². The van der Waals surface area contributed by atoms with Crippen molar-refractivity contribution in [3.8, 4) is 0 Å². The van der Waals surface area contributed by atoms with Crippen LogP contribution in [0.15, 0.2) is 47.8 Å². The number of pyridine rings is 1. The van der Waals surface area contributed by atoms with Gasteiger partial charge in [-0.25, -0.2) is 9.37 Å². The first-order valence-corrected chi connectivity index (χ1v) is 9.77. The van der Waals surface area contributed by atoms with Crippen LogP contribution in [0.5, 0.6) is 0 Å². The predicted octanol–water partition coefficient (Wildman–Crippen LogP) is 1.95. The molecule has 29 heavy (non-hydrogen) atoms. The standard InChI is InChI=1S/C21H21FN4O3/c22-15-3-1-2-14-18(27)8-16(24-20(14)15)21(29)26-9-12-6-17(25-5-4-23-11-25)19(28)7-13(12)10-26/h1-5,8,11-13,17,19,28H,6-7,9-10H2,(H,24,27)/t12-,13+,17-,19-/m1/s1. The number of nitrogens with one attached hydrogen (secondary N) is 1. The number of carbonyl (C=O) groups excluding carboxylic acids is 1. The average Bonchev–Trinajstić information content (AvgIpc) is 3.37. The van der Waals surface area contributed by atoms with Crippen molar-refractivity contribution in [2.45, 2.75) is 25.0 Å². The fraction of sp³-hybridized carbons (Fsp3) is 0.381. The first-order valence-electron chi connectivity index (χ1n) is 9.77. The Kier molecular flexibility index (Phi) is 4.24. The molecule has 2 fully saturated rings. The first-order chi connectivity index (χ1) is 14.0. The van der Waals surface area contributed by atoms with Crippen LogP contribution >= 0.6 is 0 Å². The van der Waals surface area contributed by atoms with Crippen LogP contribution in [0.3, 0.4) is 0 Å². The number of nitrogens with zero attached hydrogens (tertiary/aromatic N) is 3. The molecule has 4 atom stereocenters. The monoisotopic (exact) mass is 396 g/mol. The number of fused-ring (bicyclic) bond motifs is 2. The second kappa shape index (κ2) is 6.81. The van der Waals surface area contributed by atoms with Gasteiger partial charge in [-0.05, 0) is 36.8 Å². The second-order valence-electron chi connectivity index (χ2n) is 8.06. The Balaban J connectivity index is 1.39. The van der Waals surface area contributed by atoms with Crippen LogP contribution in [-0.2, 0) is 0 Å². The minimum Gasteiger partial charge on any atom is -0.391 e. The molecular formula is C21H21FN4O3. The molecular weight excluding hydrogens is 375 g/mol. The summed E-state index contributed by atoms with van der Waals surface area (Å²) in [6.07, 6.45) is 6.13. The van der Waals surface area contributed by atoms with E-state index in [1.54, 1.807) is 17.4 Å². The van der Waals surface area contributed by atoms with E-state index >= 15 is 0 Å². The molecule has 0 spiro atoms. The molecule has 1 aliphatic carbocycles. The lowest BCUT2D eigenvalue weighted by atomic mass is 9.77. The predicted molar refractivity (Wildman–Crippen MR) is 104 cm³/mol. The number of likely N-dealkylation sites (tertiary alicyclic amines) is 1. The zero-order chi connectivity index (χ0) is 20.1. The number of benzene rings is 1. The van der Waals surface area contributed by atoms with Gasteiger partial charge in [0.1, 0.15) is 11.5 Å². The Hall–Kier alpha value is -3.00. The largest absolute Gasteiger partial charge is 0.391 e. The number of amides is 1. The van der Waals surface area contributed by atoms with E-state index in [2.05, 4.69) is 9.97 Å². The normalized spacial score (nSPS) is 26.6. The lowest BCUT2D eigenvalue weighted by Crippen LogP contribution is -2.35. The van der Waals surface area contributed by atoms with E-state index in [9.17, 15) is 19.1 Å². The summed E-state index contributed by atoms with van der Waals surface area (Å²) in [6.45, 7) is 1.08. The minimum absolute atomic E-state index is 0.0514. The Morgan fingerprint density at radius 1 is 1.24 bits per heavy atom. The van der Waals surface area contributed by atoms with Gasteiger partial charge in [0.15, 0.2) is 5.43 Å². The number of hydrogen-bond acceptors (Lipinski definition) is 4. The lowest BCUT2D eigenvalue weighted by Gasteiger charge is -2.35. The van der Waals surface area contributed by atoms with Crippen molar-refractivity contribution in [1.82, 2.24) is 19.4 Å². The molecule has 1 amide bonds. The summed E-state index contributed by atoms with van der Waals surface area (Å²) >= 11 is 0. The van der Waals surface area contributed by atoms with Gasteiger partial charge in [0.2, 0.25) is 0 Å². The van der Waals surface area contributed by atoms with Crippen molar-refractivity contribution in [3.63, 3.8) is 0 Å². The maximum absolute atomic E-state index is 14.1. The molecule has 2 aliphatic rings. The van der Waals surface area contributed by atoms with Crippen molar-refractivity contribution in [2.24, 2.45) is 11.8 Å². The van der Waals surface area contributed by atoms with Gasteiger partial charge >= 0.3 is 0 Å². The zero-order valence-electron chi connectivity index (χ0n) is 15.7. The molecule has 1 aliphatic heterocycles. The number of aliphatic hydroxyl groups is 1. The Bertz CT molecular complexity index is 1130. The molecule has 8 heteroatoms. The van der Waals surface area contributed by atoms with Gasteiger partial charge in [-0.15, -0.1) is 0 Å². The van der Waals surface area contributed by atoms with E-state index in [1.807, 2.05) is 10.8 Å². The highest BCUT2D eigenvalue weighted by molar-refractivity contribution is 5.95. The number of aromatic nitrogens is 3. The smallest absolute Gasteiger partial charge is 0.270 e. The highest BCUT2D eigenvalue weighted by atomic mass is 19.1. The third-order valence-corrected chi connectivity index (χ3v) is 6.35. The molecule has 2 aromatic heterocycles. The zero-order valence-corrected chi connectivity index (χ0v) is 15.7. The molecule has 1 saturated carbocycles. The summed E-state index contributed by atoms with van der Waals surface area (Å²) in [7, 11) is 0. The maximum Gasteiger partial charge on any atom is 0.270 e. The second-order valence-corrected chi connectivity index (χ2v) is 8.06. The van der Waals surface area contributed by atoms with E-state index in [0.29, 0.717) is 19.5 Å². The van der Waals surface area contributed by atoms with Gasteiger partial charge in [-0.2, -0.15) is 0 Å². The molecule has 3 aromatic rings. The first kappa shape index (κ1) is 18.1. The van der Waals surface area contributed by atoms with E-state index in [-0.39, 0.29) is 45.8 Å². The molecule has 5 rings (SSSR count). The fourth-order valence-corrected chi connectivity index (χ4v) is 4.88. The Morgan fingerprint density at radius 3 is 2.79 bits per heavy atom. The van der Waals surface area contributed by atoms with Crippen molar-refractivity contribution < 1.29 is 14.3 Å². The van der Waals surface area contributed by atoms with Crippen LogP contribution in [0, 0.1) is 17.7 Å². The summed E-state index contributed by atoms with van der Waals surface area (Å²) in [6, 6.07) is 5.46. The third kappa shape index (κ3) is 3.04. The number of imidazole rings is 1. The van der Waals surface area contributed by atoms with Crippen LogP contribution in [0.4, 0.5) is 4.39 Å². The highest BCUT2D eigenvalue weighted by Gasteiger charge is 2.43. The highest BCUT2D eigenvalue weighted by Crippen LogP contribution is 2.41. The summed E-state index contributed by atoms with van der Waals surface area (Å²) in [5.41, 5.74) is -0.234. The molecule has 0 unspecified atom stereocenters.